The van der Waals surface area contributed by atoms with Crippen molar-refractivity contribution in [3.05, 3.63) is 65.6 Å². The van der Waals surface area contributed by atoms with Gasteiger partial charge in [-0.05, 0) is 34.2 Å². The topological polar surface area (TPSA) is 59.7 Å². The van der Waals surface area contributed by atoms with Crippen LogP contribution >= 0.6 is 11.6 Å². The lowest BCUT2D eigenvalue weighted by atomic mass is 9.95. The second kappa shape index (κ2) is 7.83. The van der Waals surface area contributed by atoms with Crippen LogP contribution in [0, 0.1) is 5.41 Å². The fourth-order valence-corrected chi connectivity index (χ4v) is 2.91. The maximum atomic E-state index is 5.99. The van der Waals surface area contributed by atoms with Gasteiger partial charge in [-0.2, -0.15) is 5.10 Å². The lowest BCUT2D eigenvalue weighted by Gasteiger charge is -2.31. The molecule has 1 aromatic carbocycles. The molecule has 2 heterocycles. The Balaban J connectivity index is 1.75. The van der Waals surface area contributed by atoms with Crippen molar-refractivity contribution in [2.24, 2.45) is 5.41 Å². The van der Waals surface area contributed by atoms with Crippen molar-refractivity contribution >= 4 is 17.4 Å². The van der Waals surface area contributed by atoms with Gasteiger partial charge in [-0.15, -0.1) is 0 Å². The van der Waals surface area contributed by atoms with Gasteiger partial charge in [-0.3, -0.25) is 0 Å². The SMILES string of the molecule is CC(C)(C)CN(Cc1ccc(Cn2cncn2)cc1)c1ccnc(Cl)n1. The van der Waals surface area contributed by atoms with Crippen LogP contribution < -0.4 is 4.90 Å². The van der Waals surface area contributed by atoms with Crippen LogP contribution in [-0.2, 0) is 13.1 Å². The lowest BCUT2D eigenvalue weighted by molar-refractivity contribution is 0.407. The summed E-state index contributed by atoms with van der Waals surface area (Å²) in [5.74, 6) is 0.839. The summed E-state index contributed by atoms with van der Waals surface area (Å²) in [4.78, 5) is 14.6. The number of benzene rings is 1. The van der Waals surface area contributed by atoms with Crippen molar-refractivity contribution in [1.82, 2.24) is 24.7 Å². The van der Waals surface area contributed by atoms with Crippen molar-refractivity contribution in [3.8, 4) is 0 Å². The van der Waals surface area contributed by atoms with Crippen LogP contribution in [0.25, 0.3) is 0 Å². The predicted octanol–water partition coefficient (Wildman–Crippen LogP) is 3.82. The number of nitrogens with zero attached hydrogens (tertiary/aromatic N) is 6. The molecule has 0 aliphatic heterocycles. The van der Waals surface area contributed by atoms with E-state index in [0.29, 0.717) is 6.54 Å². The molecule has 0 N–H and O–H groups in total. The summed E-state index contributed by atoms with van der Waals surface area (Å²) in [7, 11) is 0. The third-order valence-electron chi connectivity index (χ3n) is 3.81. The minimum absolute atomic E-state index is 0.129. The summed E-state index contributed by atoms with van der Waals surface area (Å²) >= 11 is 5.99. The molecule has 0 spiro atoms. The van der Waals surface area contributed by atoms with Gasteiger partial charge < -0.3 is 4.90 Å². The van der Waals surface area contributed by atoms with Crippen LogP contribution in [0.3, 0.4) is 0 Å². The molecule has 2 aromatic heterocycles. The van der Waals surface area contributed by atoms with Crippen molar-refractivity contribution < 1.29 is 0 Å². The first-order valence-electron chi connectivity index (χ1n) is 8.53. The fraction of sp³-hybridized carbons (Fsp3) is 0.368. The molecule has 0 amide bonds. The molecule has 0 saturated carbocycles. The molecule has 6 nitrogen and oxygen atoms in total. The maximum Gasteiger partial charge on any atom is 0.224 e. The zero-order valence-electron chi connectivity index (χ0n) is 15.3. The summed E-state index contributed by atoms with van der Waals surface area (Å²) < 4.78 is 1.81. The van der Waals surface area contributed by atoms with Gasteiger partial charge in [0.25, 0.3) is 0 Å². The summed E-state index contributed by atoms with van der Waals surface area (Å²) in [6.45, 7) is 8.97. The maximum absolute atomic E-state index is 5.99. The fourth-order valence-electron chi connectivity index (χ4n) is 2.76. The van der Waals surface area contributed by atoms with Crippen molar-refractivity contribution in [2.45, 2.75) is 33.9 Å². The second-order valence-corrected chi connectivity index (χ2v) is 7.85. The Morgan fingerprint density at radius 2 is 1.81 bits per heavy atom. The highest BCUT2D eigenvalue weighted by molar-refractivity contribution is 6.28. The van der Waals surface area contributed by atoms with E-state index in [1.54, 1.807) is 18.9 Å². The van der Waals surface area contributed by atoms with E-state index in [2.05, 4.69) is 70.0 Å². The van der Waals surface area contributed by atoms with Crippen LogP contribution in [0.4, 0.5) is 5.82 Å². The monoisotopic (exact) mass is 370 g/mol. The van der Waals surface area contributed by atoms with Crippen molar-refractivity contribution in [1.29, 1.82) is 0 Å². The average Bonchev–Trinajstić information content (AvgIpc) is 3.08. The van der Waals surface area contributed by atoms with Crippen molar-refractivity contribution in [3.63, 3.8) is 0 Å². The molecule has 7 heteroatoms. The third kappa shape index (κ3) is 5.26. The minimum Gasteiger partial charge on any atom is -0.352 e. The first-order valence-corrected chi connectivity index (χ1v) is 8.91. The summed E-state index contributed by atoms with van der Waals surface area (Å²) in [6, 6.07) is 10.4. The zero-order valence-corrected chi connectivity index (χ0v) is 16.1. The van der Waals surface area contributed by atoms with Crippen LogP contribution in [-0.4, -0.2) is 31.3 Å². The molecule has 3 rings (SSSR count). The highest BCUT2D eigenvalue weighted by Crippen LogP contribution is 2.23. The van der Waals surface area contributed by atoms with E-state index in [4.69, 9.17) is 11.6 Å². The highest BCUT2D eigenvalue weighted by Gasteiger charge is 2.18. The number of rotatable bonds is 6. The van der Waals surface area contributed by atoms with Crippen LogP contribution in [0.2, 0.25) is 5.28 Å². The van der Waals surface area contributed by atoms with Gasteiger partial charge >= 0.3 is 0 Å². The average molecular weight is 371 g/mol. The standard InChI is InChI=1S/C19H23ClN6/c1-19(2,3)12-25(17-8-9-22-18(20)24-17)10-15-4-6-16(7-5-15)11-26-14-21-13-23-26/h4-9,13-14H,10-12H2,1-3H3. The molecule has 0 aliphatic carbocycles. The second-order valence-electron chi connectivity index (χ2n) is 7.51. The molecule has 26 heavy (non-hydrogen) atoms. The van der Waals surface area contributed by atoms with E-state index in [1.165, 1.54) is 11.1 Å². The molecule has 3 aromatic rings. The van der Waals surface area contributed by atoms with Gasteiger partial charge in [0.1, 0.15) is 18.5 Å². The normalized spacial score (nSPS) is 11.5. The summed E-state index contributed by atoms with van der Waals surface area (Å²) in [5.41, 5.74) is 2.53. The van der Waals surface area contributed by atoms with E-state index in [9.17, 15) is 0 Å². The van der Waals surface area contributed by atoms with E-state index in [1.807, 2.05) is 10.7 Å². The lowest BCUT2D eigenvalue weighted by Crippen LogP contribution is -2.33. The van der Waals surface area contributed by atoms with Crippen LogP contribution in [0.1, 0.15) is 31.9 Å². The molecule has 0 saturated heterocycles. The Labute approximate surface area is 158 Å². The van der Waals surface area contributed by atoms with E-state index >= 15 is 0 Å². The Morgan fingerprint density at radius 3 is 2.42 bits per heavy atom. The molecule has 0 radical (unpaired) electrons. The smallest absolute Gasteiger partial charge is 0.224 e. The predicted molar refractivity (Wildman–Crippen MR) is 103 cm³/mol. The summed E-state index contributed by atoms with van der Waals surface area (Å²) in [5, 5.41) is 4.41. The van der Waals surface area contributed by atoms with Gasteiger partial charge in [0.15, 0.2) is 0 Å². The molecular formula is C19H23ClN6. The third-order valence-corrected chi connectivity index (χ3v) is 3.99. The van der Waals surface area contributed by atoms with Gasteiger partial charge in [-0.25, -0.2) is 19.6 Å². The molecule has 136 valence electrons. The molecule has 0 atom stereocenters. The molecular weight excluding hydrogens is 348 g/mol. The Hall–Kier alpha value is -2.47. The molecule has 0 aliphatic rings. The molecule has 0 unspecified atom stereocenters. The van der Waals surface area contributed by atoms with Gasteiger partial charge in [0, 0.05) is 19.3 Å². The van der Waals surface area contributed by atoms with E-state index in [-0.39, 0.29) is 10.7 Å². The van der Waals surface area contributed by atoms with Gasteiger partial charge in [0.2, 0.25) is 5.28 Å². The van der Waals surface area contributed by atoms with Crippen LogP contribution in [0.5, 0.6) is 0 Å². The van der Waals surface area contributed by atoms with Crippen LogP contribution in [0.15, 0.2) is 49.2 Å². The molecule has 0 fully saturated rings. The highest BCUT2D eigenvalue weighted by atomic mass is 35.5. The number of aromatic nitrogens is 5. The van der Waals surface area contributed by atoms with Gasteiger partial charge in [-0.1, -0.05) is 45.0 Å². The summed E-state index contributed by atoms with van der Waals surface area (Å²) in [6.07, 6.45) is 4.96. The minimum atomic E-state index is 0.129. The number of anilines is 1. The van der Waals surface area contributed by atoms with E-state index in [0.717, 1.165) is 18.9 Å². The largest absolute Gasteiger partial charge is 0.352 e. The molecule has 0 bridgehead atoms. The Bertz CT molecular complexity index is 824. The zero-order chi connectivity index (χ0) is 18.6. The first-order chi connectivity index (χ1) is 12.4. The quantitative estimate of drug-likeness (QED) is 0.617. The van der Waals surface area contributed by atoms with Crippen molar-refractivity contribution in [2.75, 3.05) is 11.4 Å². The Kier molecular flexibility index (Phi) is 5.52. The first kappa shape index (κ1) is 18.3. The Morgan fingerprint density at radius 1 is 1.08 bits per heavy atom. The number of hydrogen-bond acceptors (Lipinski definition) is 5. The van der Waals surface area contributed by atoms with Gasteiger partial charge in [0.05, 0.1) is 6.54 Å². The van der Waals surface area contributed by atoms with E-state index < -0.39 is 0 Å². The number of hydrogen-bond donors (Lipinski definition) is 0. The number of halogens is 1.